The first-order valence-corrected chi connectivity index (χ1v) is 8.90. The van der Waals surface area contributed by atoms with Gasteiger partial charge in [0.1, 0.15) is 0 Å². The van der Waals surface area contributed by atoms with Crippen LogP contribution in [0.1, 0.15) is 55.8 Å². The Morgan fingerprint density at radius 3 is 2.08 bits per heavy atom. The molecule has 2 aromatic carbocycles. The second-order valence-electron chi connectivity index (χ2n) is 5.90. The van der Waals surface area contributed by atoms with Gasteiger partial charge in [-0.3, -0.25) is 9.63 Å². The smallest absolute Gasteiger partial charge is 0.266 e. The van der Waals surface area contributed by atoms with Crippen LogP contribution in [0.4, 0.5) is 5.69 Å². The molecular weight excluding hydrogens is 298 g/mol. The summed E-state index contributed by atoms with van der Waals surface area (Å²) in [4.78, 5) is 18.6. The van der Waals surface area contributed by atoms with Crippen LogP contribution in [0.25, 0.3) is 0 Å². The Labute approximate surface area is 145 Å². The fourth-order valence-electron chi connectivity index (χ4n) is 2.55. The van der Waals surface area contributed by atoms with Crippen LogP contribution < -0.4 is 5.06 Å². The van der Waals surface area contributed by atoms with Crippen molar-refractivity contribution < 1.29 is 9.63 Å². The van der Waals surface area contributed by atoms with E-state index in [2.05, 4.69) is 6.92 Å². The molecule has 0 saturated carbocycles. The van der Waals surface area contributed by atoms with Gasteiger partial charge in [0, 0.05) is 5.56 Å². The lowest BCUT2D eigenvalue weighted by Gasteiger charge is -2.22. The molecule has 0 heterocycles. The zero-order valence-electron chi connectivity index (χ0n) is 14.5. The Kier molecular flexibility index (Phi) is 8.05. The van der Waals surface area contributed by atoms with Gasteiger partial charge in [-0.05, 0) is 30.7 Å². The van der Waals surface area contributed by atoms with E-state index in [1.165, 1.54) is 30.7 Å². The molecular formula is C21H27NO2. The minimum atomic E-state index is -0.132. The third-order valence-electron chi connectivity index (χ3n) is 3.91. The van der Waals surface area contributed by atoms with Gasteiger partial charge < -0.3 is 0 Å². The average Bonchev–Trinajstić information content (AvgIpc) is 2.65. The summed E-state index contributed by atoms with van der Waals surface area (Å²) in [5.41, 5.74) is 1.39. The molecule has 0 spiro atoms. The number of carbonyl (C=O) groups excluding carboxylic acids is 1. The molecule has 0 aliphatic rings. The number of hydroxylamine groups is 1. The molecule has 24 heavy (non-hydrogen) atoms. The summed E-state index contributed by atoms with van der Waals surface area (Å²) in [5, 5.41) is 1.42. The van der Waals surface area contributed by atoms with Crippen LogP contribution in [0.5, 0.6) is 0 Å². The van der Waals surface area contributed by atoms with Crippen molar-refractivity contribution in [1.82, 2.24) is 0 Å². The topological polar surface area (TPSA) is 29.5 Å². The molecule has 3 heteroatoms. The number of hydrogen-bond acceptors (Lipinski definition) is 2. The maximum absolute atomic E-state index is 12.8. The molecule has 0 bridgehead atoms. The quantitative estimate of drug-likeness (QED) is 0.419. The number of amides is 1. The maximum atomic E-state index is 12.8. The molecule has 0 atom stereocenters. The highest BCUT2D eigenvalue weighted by Crippen LogP contribution is 2.18. The van der Waals surface area contributed by atoms with Crippen molar-refractivity contribution in [3.8, 4) is 0 Å². The fraction of sp³-hybridized carbons (Fsp3) is 0.381. The largest absolute Gasteiger partial charge is 0.282 e. The number of anilines is 1. The van der Waals surface area contributed by atoms with Crippen molar-refractivity contribution in [2.24, 2.45) is 0 Å². The predicted molar refractivity (Wildman–Crippen MR) is 99.0 cm³/mol. The number of benzene rings is 2. The summed E-state index contributed by atoms with van der Waals surface area (Å²) in [6.45, 7) is 2.77. The van der Waals surface area contributed by atoms with E-state index in [9.17, 15) is 4.79 Å². The number of carbonyl (C=O) groups is 1. The van der Waals surface area contributed by atoms with Gasteiger partial charge >= 0.3 is 0 Å². The van der Waals surface area contributed by atoms with Crippen molar-refractivity contribution in [3.05, 3.63) is 66.2 Å². The van der Waals surface area contributed by atoms with E-state index in [1.807, 2.05) is 60.7 Å². The molecule has 0 radical (unpaired) electrons. The highest BCUT2D eigenvalue weighted by Gasteiger charge is 2.18. The molecule has 0 unspecified atom stereocenters. The van der Waals surface area contributed by atoms with Crippen LogP contribution in [0.2, 0.25) is 0 Å². The van der Waals surface area contributed by atoms with Crippen LogP contribution in [-0.4, -0.2) is 12.5 Å². The Morgan fingerprint density at radius 1 is 0.833 bits per heavy atom. The maximum Gasteiger partial charge on any atom is 0.282 e. The average molecular weight is 325 g/mol. The Hall–Kier alpha value is -2.13. The van der Waals surface area contributed by atoms with Crippen molar-refractivity contribution in [3.63, 3.8) is 0 Å². The first-order chi connectivity index (χ1) is 11.8. The van der Waals surface area contributed by atoms with Crippen LogP contribution in [-0.2, 0) is 4.84 Å². The Bertz CT molecular complexity index is 583. The van der Waals surface area contributed by atoms with Crippen LogP contribution >= 0.6 is 0 Å². The number of hydrogen-bond donors (Lipinski definition) is 0. The predicted octanol–water partition coefficient (Wildman–Crippen LogP) is 5.63. The number of rotatable bonds is 10. The SMILES string of the molecule is CCCCCCCCON(C(=O)c1ccccc1)c1ccccc1. The van der Waals surface area contributed by atoms with Gasteiger partial charge in [-0.25, -0.2) is 0 Å². The number of para-hydroxylation sites is 1. The fourth-order valence-corrected chi connectivity index (χ4v) is 2.55. The minimum Gasteiger partial charge on any atom is -0.266 e. The summed E-state index contributed by atoms with van der Waals surface area (Å²) in [7, 11) is 0. The van der Waals surface area contributed by atoms with Crippen LogP contribution in [0.15, 0.2) is 60.7 Å². The summed E-state index contributed by atoms with van der Waals surface area (Å²) >= 11 is 0. The second kappa shape index (κ2) is 10.6. The molecule has 0 aromatic heterocycles. The molecule has 0 N–H and O–H groups in total. The van der Waals surface area contributed by atoms with E-state index in [0.29, 0.717) is 12.2 Å². The molecule has 2 rings (SSSR count). The molecule has 1 amide bonds. The summed E-state index contributed by atoms with van der Waals surface area (Å²) in [5.74, 6) is -0.132. The number of nitrogens with zero attached hydrogens (tertiary/aromatic N) is 1. The van der Waals surface area contributed by atoms with E-state index in [4.69, 9.17) is 4.84 Å². The summed E-state index contributed by atoms with van der Waals surface area (Å²) in [6, 6.07) is 18.8. The van der Waals surface area contributed by atoms with E-state index in [0.717, 1.165) is 18.5 Å². The van der Waals surface area contributed by atoms with E-state index in [-0.39, 0.29) is 5.91 Å². The molecule has 128 valence electrons. The van der Waals surface area contributed by atoms with E-state index >= 15 is 0 Å². The van der Waals surface area contributed by atoms with Crippen LogP contribution in [0, 0.1) is 0 Å². The zero-order valence-corrected chi connectivity index (χ0v) is 14.5. The molecule has 0 aliphatic heterocycles. The third-order valence-corrected chi connectivity index (χ3v) is 3.91. The highest BCUT2D eigenvalue weighted by atomic mass is 16.7. The van der Waals surface area contributed by atoms with Gasteiger partial charge in [0.15, 0.2) is 0 Å². The lowest BCUT2D eigenvalue weighted by atomic mass is 10.1. The Morgan fingerprint density at radius 2 is 1.42 bits per heavy atom. The van der Waals surface area contributed by atoms with Gasteiger partial charge in [0.2, 0.25) is 0 Å². The van der Waals surface area contributed by atoms with E-state index in [1.54, 1.807) is 0 Å². The first-order valence-electron chi connectivity index (χ1n) is 8.90. The number of unbranched alkanes of at least 4 members (excludes halogenated alkanes) is 5. The molecule has 0 saturated heterocycles. The van der Waals surface area contributed by atoms with E-state index < -0.39 is 0 Å². The van der Waals surface area contributed by atoms with Crippen LogP contribution in [0.3, 0.4) is 0 Å². The standard InChI is InChI=1S/C21H27NO2/c1-2-3-4-5-6-13-18-24-22(20-16-11-8-12-17-20)21(23)19-14-9-7-10-15-19/h7-12,14-17H,2-6,13,18H2,1H3. The summed E-state index contributed by atoms with van der Waals surface area (Å²) in [6.07, 6.45) is 7.17. The van der Waals surface area contributed by atoms with Gasteiger partial charge in [-0.1, -0.05) is 75.4 Å². The van der Waals surface area contributed by atoms with Gasteiger partial charge in [-0.2, -0.15) is 5.06 Å². The lowest BCUT2D eigenvalue weighted by Crippen LogP contribution is -2.31. The van der Waals surface area contributed by atoms with Crippen molar-refractivity contribution in [1.29, 1.82) is 0 Å². The van der Waals surface area contributed by atoms with Crippen molar-refractivity contribution in [2.45, 2.75) is 45.4 Å². The van der Waals surface area contributed by atoms with Crippen molar-refractivity contribution in [2.75, 3.05) is 11.7 Å². The second-order valence-corrected chi connectivity index (χ2v) is 5.90. The monoisotopic (exact) mass is 325 g/mol. The molecule has 0 aliphatic carbocycles. The lowest BCUT2D eigenvalue weighted by molar-refractivity contribution is 0.0637. The Balaban J connectivity index is 1.93. The molecule has 2 aromatic rings. The third kappa shape index (κ3) is 5.82. The normalized spacial score (nSPS) is 10.5. The molecule has 0 fully saturated rings. The zero-order chi connectivity index (χ0) is 17.0. The highest BCUT2D eigenvalue weighted by molar-refractivity contribution is 6.04. The van der Waals surface area contributed by atoms with Gasteiger partial charge in [0.25, 0.3) is 5.91 Å². The van der Waals surface area contributed by atoms with Crippen molar-refractivity contribution >= 4 is 11.6 Å². The van der Waals surface area contributed by atoms with Gasteiger partial charge in [-0.15, -0.1) is 0 Å². The minimum absolute atomic E-state index is 0.132. The van der Waals surface area contributed by atoms with Gasteiger partial charge in [0.05, 0.1) is 12.3 Å². The first kappa shape index (κ1) is 18.2. The molecule has 3 nitrogen and oxygen atoms in total. The summed E-state index contributed by atoms with van der Waals surface area (Å²) < 4.78 is 0.